The molecule has 0 heterocycles. The van der Waals surface area contributed by atoms with Gasteiger partial charge in [-0.25, -0.2) is 0 Å². The minimum absolute atomic E-state index is 0. The first-order valence-corrected chi connectivity index (χ1v) is 2.39. The molecule has 0 saturated heterocycles. The maximum absolute atomic E-state index is 3.56. The SMILES string of the molecule is [Br-].[CH2-]CCBr.[Mg+2]. The van der Waals surface area contributed by atoms with Crippen molar-refractivity contribution in [2.24, 2.45) is 0 Å². The van der Waals surface area contributed by atoms with Gasteiger partial charge in [0.15, 0.2) is 0 Å². The van der Waals surface area contributed by atoms with Gasteiger partial charge in [0.1, 0.15) is 0 Å². The van der Waals surface area contributed by atoms with E-state index in [0.717, 1.165) is 11.8 Å². The maximum atomic E-state index is 3.56. The van der Waals surface area contributed by atoms with Crippen molar-refractivity contribution >= 4 is 39.0 Å². The third kappa shape index (κ3) is 17.2. The summed E-state index contributed by atoms with van der Waals surface area (Å²) in [5, 5.41) is 1.02. The van der Waals surface area contributed by atoms with Crippen molar-refractivity contribution in [3.63, 3.8) is 0 Å². The Morgan fingerprint density at radius 2 is 1.67 bits per heavy atom. The largest absolute Gasteiger partial charge is 2.00 e. The third-order valence-electron chi connectivity index (χ3n) is 0.134. The molecule has 0 saturated carbocycles. The second-order valence-electron chi connectivity index (χ2n) is 0.543. The number of hydrogen-bond donors (Lipinski definition) is 0. The van der Waals surface area contributed by atoms with Crippen LogP contribution in [0.3, 0.4) is 0 Å². The van der Waals surface area contributed by atoms with E-state index in [2.05, 4.69) is 22.9 Å². The van der Waals surface area contributed by atoms with Gasteiger partial charge in [0.25, 0.3) is 0 Å². The average Bonchev–Trinajstić information content (AvgIpc) is 1.37. The van der Waals surface area contributed by atoms with Crippen LogP contribution in [0.5, 0.6) is 0 Å². The van der Waals surface area contributed by atoms with Crippen LogP contribution < -0.4 is 17.0 Å². The van der Waals surface area contributed by atoms with Gasteiger partial charge in [0, 0.05) is 0 Å². The Bertz CT molecular complexity index is 10.8. The summed E-state index contributed by atoms with van der Waals surface area (Å²) in [7, 11) is 0. The van der Waals surface area contributed by atoms with E-state index < -0.39 is 0 Å². The molecule has 0 unspecified atom stereocenters. The van der Waals surface area contributed by atoms with Gasteiger partial charge in [0.05, 0.1) is 0 Å². The van der Waals surface area contributed by atoms with Gasteiger partial charge in [-0.3, -0.25) is 0 Å². The zero-order valence-electron chi connectivity index (χ0n) is 3.58. The molecule has 0 amide bonds. The van der Waals surface area contributed by atoms with Gasteiger partial charge in [0.2, 0.25) is 0 Å². The van der Waals surface area contributed by atoms with Crippen molar-refractivity contribution in [2.75, 3.05) is 5.33 Å². The van der Waals surface area contributed by atoms with E-state index in [1.54, 1.807) is 0 Å². The Labute approximate surface area is 74.1 Å². The predicted molar refractivity (Wildman–Crippen MR) is 29.5 cm³/mol. The van der Waals surface area contributed by atoms with Crippen LogP contribution in [0.25, 0.3) is 0 Å². The zero-order valence-corrected chi connectivity index (χ0v) is 8.17. The molecule has 0 aliphatic carbocycles. The van der Waals surface area contributed by atoms with Crippen LogP contribution >= 0.6 is 15.9 Å². The van der Waals surface area contributed by atoms with Crippen molar-refractivity contribution in [1.82, 2.24) is 0 Å². The van der Waals surface area contributed by atoms with Gasteiger partial charge in [-0.15, -0.1) is 0 Å². The fourth-order valence-electron chi connectivity index (χ4n) is 0. The first-order chi connectivity index (χ1) is 1.91. The van der Waals surface area contributed by atoms with Gasteiger partial charge in [-0.05, 0) is 5.33 Å². The summed E-state index contributed by atoms with van der Waals surface area (Å²) in [5.74, 6) is 0. The molecule has 0 aliphatic heterocycles. The smallest absolute Gasteiger partial charge is 1.00 e. The molecule has 0 bridgehead atoms. The van der Waals surface area contributed by atoms with E-state index in [9.17, 15) is 0 Å². The summed E-state index contributed by atoms with van der Waals surface area (Å²) in [6, 6.07) is 0. The molecule has 6 heavy (non-hydrogen) atoms. The summed E-state index contributed by atoms with van der Waals surface area (Å²) in [4.78, 5) is 0. The molecule has 0 aromatic heterocycles. The average molecular weight is 226 g/mol. The molecule has 0 spiro atoms. The normalized spacial score (nSPS) is 5.00. The Morgan fingerprint density at radius 1 is 1.50 bits per heavy atom. The van der Waals surface area contributed by atoms with Crippen molar-refractivity contribution in [2.45, 2.75) is 6.42 Å². The molecule has 0 aromatic carbocycles. The van der Waals surface area contributed by atoms with Crippen molar-refractivity contribution in [1.29, 1.82) is 0 Å². The summed E-state index contributed by atoms with van der Waals surface area (Å²) in [6.07, 6.45) is 0.986. The van der Waals surface area contributed by atoms with E-state index in [1.807, 2.05) is 0 Å². The molecule has 0 aliphatic rings. The van der Waals surface area contributed by atoms with Crippen LogP contribution in [0.1, 0.15) is 6.42 Å². The van der Waals surface area contributed by atoms with E-state index in [1.165, 1.54) is 0 Å². The summed E-state index contributed by atoms with van der Waals surface area (Å²) >= 11 is 3.19. The van der Waals surface area contributed by atoms with E-state index in [4.69, 9.17) is 0 Å². The quantitative estimate of drug-likeness (QED) is 0.282. The molecule has 3 heteroatoms. The number of rotatable bonds is 1. The second-order valence-corrected chi connectivity index (χ2v) is 1.34. The molecule has 34 valence electrons. The minimum atomic E-state index is 0. The predicted octanol–water partition coefficient (Wildman–Crippen LogP) is -1.77. The number of hydrogen-bond acceptors (Lipinski definition) is 0. The van der Waals surface area contributed by atoms with Crippen LogP contribution in [-0.2, 0) is 0 Å². The minimum Gasteiger partial charge on any atom is -1.00 e. The Hall–Kier alpha value is 1.73. The summed E-state index contributed by atoms with van der Waals surface area (Å²) < 4.78 is 0. The standard InChI is InChI=1S/C3H6Br.BrH.Mg/c1-2-3-4;;/h1-3H2;1H;/q-1;;+2/p-1. The Morgan fingerprint density at radius 3 is 1.67 bits per heavy atom. The first-order valence-electron chi connectivity index (χ1n) is 1.27. The van der Waals surface area contributed by atoms with E-state index in [0.29, 0.717) is 0 Å². The molecule has 0 nitrogen and oxygen atoms in total. The molecular weight excluding hydrogens is 220 g/mol. The first kappa shape index (κ1) is 15.6. The molecule has 0 fully saturated rings. The number of alkyl halides is 1. The number of halogens is 2. The topological polar surface area (TPSA) is 0 Å². The summed E-state index contributed by atoms with van der Waals surface area (Å²) in [6.45, 7) is 3.56. The summed E-state index contributed by atoms with van der Waals surface area (Å²) in [5.41, 5.74) is 0. The van der Waals surface area contributed by atoms with Gasteiger partial charge < -0.3 is 23.9 Å². The molecule has 0 atom stereocenters. The van der Waals surface area contributed by atoms with Crippen LogP contribution in [0.2, 0.25) is 0 Å². The van der Waals surface area contributed by atoms with Crippen molar-refractivity contribution < 1.29 is 17.0 Å². The van der Waals surface area contributed by atoms with Crippen LogP contribution in [-0.4, -0.2) is 28.4 Å². The fraction of sp³-hybridized carbons (Fsp3) is 0.667. The van der Waals surface area contributed by atoms with Gasteiger partial charge in [-0.2, -0.15) is 6.42 Å². The Kier molecular flexibility index (Phi) is 41.4. The van der Waals surface area contributed by atoms with Gasteiger partial charge in [-0.1, -0.05) is 15.9 Å². The maximum Gasteiger partial charge on any atom is 2.00 e. The second kappa shape index (κ2) is 15.9. The van der Waals surface area contributed by atoms with Crippen LogP contribution in [0.15, 0.2) is 0 Å². The molecule has 0 rings (SSSR count). The van der Waals surface area contributed by atoms with Crippen molar-refractivity contribution in [3.8, 4) is 0 Å². The molecular formula is C3H6Br2Mg. The molecule has 0 radical (unpaired) electrons. The zero-order chi connectivity index (χ0) is 3.41. The van der Waals surface area contributed by atoms with Crippen LogP contribution in [0.4, 0.5) is 0 Å². The van der Waals surface area contributed by atoms with E-state index in [-0.39, 0.29) is 40.0 Å². The van der Waals surface area contributed by atoms with E-state index >= 15 is 0 Å². The Balaban J connectivity index is -0.0000000450. The monoisotopic (exact) mass is 224 g/mol. The third-order valence-corrected chi connectivity index (χ3v) is 0.694. The molecule has 0 N–H and O–H groups in total. The fourth-order valence-corrected chi connectivity index (χ4v) is 0. The van der Waals surface area contributed by atoms with Crippen molar-refractivity contribution in [3.05, 3.63) is 6.92 Å². The molecule has 0 aromatic rings. The van der Waals surface area contributed by atoms with Gasteiger partial charge >= 0.3 is 23.1 Å². The van der Waals surface area contributed by atoms with Crippen LogP contribution in [0, 0.1) is 6.92 Å².